The Bertz CT molecular complexity index is 787. The standard InChI is InChI=1S/C21H30FN5O3.CH4/c1-25-7-5-15(6-8-25)21(29)27-11-9-26(10-12-27)17-4-2-3-16(20(17)22)14-30-19(28)13-18(23)24;/h2-4,15H,5-14H2,1H3,(H3,23,24);1H4. The van der Waals surface area contributed by atoms with Crippen LogP contribution in [0.3, 0.4) is 0 Å². The molecule has 1 aromatic rings. The lowest BCUT2D eigenvalue weighted by Gasteiger charge is -2.39. The number of piperazine rings is 1. The largest absolute Gasteiger partial charge is 0.460 e. The van der Waals surface area contributed by atoms with Gasteiger partial charge in [-0.2, -0.15) is 0 Å². The molecule has 8 nitrogen and oxygen atoms in total. The van der Waals surface area contributed by atoms with Gasteiger partial charge < -0.3 is 25.2 Å². The van der Waals surface area contributed by atoms with Crippen molar-refractivity contribution >= 4 is 23.4 Å². The van der Waals surface area contributed by atoms with E-state index in [2.05, 4.69) is 11.9 Å². The second-order valence-corrected chi connectivity index (χ2v) is 8.00. The maximum absolute atomic E-state index is 15.0. The highest BCUT2D eigenvalue weighted by Gasteiger charge is 2.30. The molecule has 0 spiro atoms. The highest BCUT2D eigenvalue weighted by Crippen LogP contribution is 2.25. The molecule has 0 aromatic heterocycles. The Hall–Kier alpha value is -2.68. The van der Waals surface area contributed by atoms with Crippen LogP contribution >= 0.6 is 0 Å². The van der Waals surface area contributed by atoms with Crippen LogP contribution in [0.15, 0.2) is 18.2 Å². The fourth-order valence-corrected chi connectivity index (χ4v) is 3.97. The number of hydrogen-bond acceptors (Lipinski definition) is 6. The molecule has 0 atom stereocenters. The first-order valence-electron chi connectivity index (χ1n) is 10.3. The summed E-state index contributed by atoms with van der Waals surface area (Å²) in [5.41, 5.74) is 5.89. The van der Waals surface area contributed by atoms with Gasteiger partial charge in [-0.3, -0.25) is 15.0 Å². The van der Waals surface area contributed by atoms with Crippen LogP contribution in [0, 0.1) is 17.1 Å². The number of halogens is 1. The Morgan fingerprint density at radius 1 is 1.16 bits per heavy atom. The lowest BCUT2D eigenvalue weighted by molar-refractivity contribution is -0.143. The lowest BCUT2D eigenvalue weighted by atomic mass is 9.95. The Balaban J connectivity index is 0.00000341. The summed E-state index contributed by atoms with van der Waals surface area (Å²) in [5.74, 6) is -1.06. The fourth-order valence-electron chi connectivity index (χ4n) is 3.97. The third-order valence-electron chi connectivity index (χ3n) is 5.78. The van der Waals surface area contributed by atoms with Crippen LogP contribution in [-0.4, -0.2) is 73.8 Å². The van der Waals surface area contributed by atoms with Gasteiger partial charge in [0.25, 0.3) is 0 Å². The summed E-state index contributed by atoms with van der Waals surface area (Å²) in [4.78, 5) is 30.4. The topological polar surface area (TPSA) is 103 Å². The quantitative estimate of drug-likeness (QED) is 0.401. The number of anilines is 1. The number of amidine groups is 1. The van der Waals surface area contributed by atoms with Crippen LogP contribution in [0.5, 0.6) is 0 Å². The zero-order valence-electron chi connectivity index (χ0n) is 17.4. The highest BCUT2D eigenvalue weighted by molar-refractivity contribution is 5.94. The molecule has 31 heavy (non-hydrogen) atoms. The molecule has 1 aromatic carbocycles. The van der Waals surface area contributed by atoms with Gasteiger partial charge in [0.15, 0.2) is 5.82 Å². The van der Waals surface area contributed by atoms with Gasteiger partial charge in [-0.05, 0) is 39.0 Å². The van der Waals surface area contributed by atoms with Gasteiger partial charge in [0.1, 0.15) is 18.9 Å². The van der Waals surface area contributed by atoms with E-state index in [1.54, 1.807) is 18.2 Å². The summed E-state index contributed by atoms with van der Waals surface area (Å²) in [7, 11) is 2.08. The smallest absolute Gasteiger partial charge is 0.313 e. The Morgan fingerprint density at radius 2 is 1.81 bits per heavy atom. The van der Waals surface area contributed by atoms with Crippen molar-refractivity contribution in [3.63, 3.8) is 0 Å². The molecule has 2 heterocycles. The number of carbonyl (C=O) groups is 2. The molecule has 172 valence electrons. The number of nitrogens with zero attached hydrogens (tertiary/aromatic N) is 3. The maximum atomic E-state index is 15.0. The Morgan fingerprint density at radius 3 is 2.42 bits per heavy atom. The monoisotopic (exact) mass is 435 g/mol. The number of likely N-dealkylation sites (tertiary alicyclic amines) is 1. The second kappa shape index (κ2) is 11.1. The predicted molar refractivity (Wildman–Crippen MR) is 118 cm³/mol. The summed E-state index contributed by atoms with van der Waals surface area (Å²) in [6.45, 7) is 3.95. The van der Waals surface area contributed by atoms with Crippen LogP contribution in [-0.2, 0) is 20.9 Å². The van der Waals surface area contributed by atoms with Crippen molar-refractivity contribution < 1.29 is 18.7 Å². The summed E-state index contributed by atoms with van der Waals surface area (Å²) >= 11 is 0. The number of carbonyl (C=O) groups excluding carboxylic acids is 2. The minimum Gasteiger partial charge on any atom is -0.460 e. The van der Waals surface area contributed by atoms with Crippen molar-refractivity contribution in [3.8, 4) is 0 Å². The second-order valence-electron chi connectivity index (χ2n) is 8.00. The Kier molecular flexibility index (Phi) is 8.79. The van der Waals surface area contributed by atoms with Crippen molar-refractivity contribution in [1.82, 2.24) is 9.80 Å². The van der Waals surface area contributed by atoms with Gasteiger partial charge in [0.05, 0.1) is 5.69 Å². The van der Waals surface area contributed by atoms with E-state index in [9.17, 15) is 14.0 Å². The lowest BCUT2D eigenvalue weighted by Crippen LogP contribution is -2.51. The molecule has 0 saturated carbocycles. The number of hydrogen-bond donors (Lipinski definition) is 2. The van der Waals surface area contributed by atoms with Gasteiger partial charge in [-0.25, -0.2) is 4.39 Å². The molecule has 0 bridgehead atoms. The van der Waals surface area contributed by atoms with Crippen LogP contribution < -0.4 is 10.6 Å². The zero-order valence-corrected chi connectivity index (χ0v) is 17.4. The zero-order chi connectivity index (χ0) is 21.7. The summed E-state index contributed by atoms with van der Waals surface area (Å²) in [6, 6.07) is 4.99. The summed E-state index contributed by atoms with van der Waals surface area (Å²) in [6.07, 6.45) is 1.48. The predicted octanol–water partition coefficient (Wildman–Crippen LogP) is 1.82. The number of amides is 1. The van der Waals surface area contributed by atoms with E-state index in [1.807, 2.05) is 9.80 Å². The third-order valence-corrected chi connectivity index (χ3v) is 5.78. The number of rotatable bonds is 6. The molecule has 9 heteroatoms. The van der Waals surface area contributed by atoms with Crippen molar-refractivity contribution in [2.75, 3.05) is 51.2 Å². The molecule has 2 fully saturated rings. The van der Waals surface area contributed by atoms with Gasteiger partial charge >= 0.3 is 5.97 Å². The first-order valence-corrected chi connectivity index (χ1v) is 10.3. The van der Waals surface area contributed by atoms with Crippen LogP contribution in [0.1, 0.15) is 32.3 Å². The van der Waals surface area contributed by atoms with E-state index >= 15 is 0 Å². The van der Waals surface area contributed by atoms with Crippen molar-refractivity contribution in [2.45, 2.75) is 33.3 Å². The van der Waals surface area contributed by atoms with Crippen molar-refractivity contribution in [1.29, 1.82) is 5.41 Å². The van der Waals surface area contributed by atoms with Gasteiger partial charge in [-0.1, -0.05) is 19.6 Å². The number of nitrogens with one attached hydrogen (secondary N) is 1. The molecular weight excluding hydrogens is 401 g/mol. The molecule has 3 rings (SSSR count). The minimum absolute atomic E-state index is 0. The molecule has 0 radical (unpaired) electrons. The molecule has 0 unspecified atom stereocenters. The van der Waals surface area contributed by atoms with Crippen LogP contribution in [0.4, 0.5) is 10.1 Å². The average Bonchev–Trinajstić information content (AvgIpc) is 2.73. The fraction of sp³-hybridized carbons (Fsp3) is 0.591. The molecule has 2 saturated heterocycles. The first-order chi connectivity index (χ1) is 14.3. The van der Waals surface area contributed by atoms with Gasteiger partial charge in [-0.15, -0.1) is 0 Å². The molecule has 2 aliphatic heterocycles. The summed E-state index contributed by atoms with van der Waals surface area (Å²) < 4.78 is 20.0. The molecular formula is C22H34FN5O3. The van der Waals surface area contributed by atoms with Crippen molar-refractivity contribution in [2.24, 2.45) is 11.7 Å². The maximum Gasteiger partial charge on any atom is 0.313 e. The number of esters is 1. The molecule has 2 aliphatic rings. The average molecular weight is 436 g/mol. The number of benzene rings is 1. The van der Waals surface area contributed by atoms with E-state index in [0.29, 0.717) is 31.9 Å². The van der Waals surface area contributed by atoms with E-state index < -0.39 is 11.8 Å². The van der Waals surface area contributed by atoms with E-state index in [4.69, 9.17) is 15.9 Å². The number of nitrogens with two attached hydrogens (primary N) is 1. The minimum atomic E-state index is -0.659. The molecule has 0 aliphatic carbocycles. The van der Waals surface area contributed by atoms with Gasteiger partial charge in [0.2, 0.25) is 5.91 Å². The van der Waals surface area contributed by atoms with E-state index in [-0.39, 0.29) is 43.7 Å². The SMILES string of the molecule is C.CN1CCC(C(=O)N2CCN(c3cccc(COC(=O)CC(=N)N)c3F)CC2)CC1. The van der Waals surface area contributed by atoms with Crippen LogP contribution in [0.2, 0.25) is 0 Å². The summed E-state index contributed by atoms with van der Waals surface area (Å²) in [5, 5.41) is 7.10. The van der Waals surface area contributed by atoms with E-state index in [0.717, 1.165) is 25.9 Å². The molecule has 1 amide bonds. The van der Waals surface area contributed by atoms with Crippen molar-refractivity contribution in [3.05, 3.63) is 29.6 Å². The van der Waals surface area contributed by atoms with E-state index in [1.165, 1.54) is 0 Å². The normalized spacial score (nSPS) is 17.7. The number of ether oxygens (including phenoxy) is 1. The van der Waals surface area contributed by atoms with Crippen LogP contribution in [0.25, 0.3) is 0 Å². The Labute approximate surface area is 183 Å². The molecule has 3 N–H and O–H groups in total. The third kappa shape index (κ3) is 6.40. The van der Waals surface area contributed by atoms with Gasteiger partial charge in [0, 0.05) is 37.7 Å². The first kappa shape index (κ1) is 24.6. The number of piperidine rings is 1. The highest BCUT2D eigenvalue weighted by atomic mass is 19.1.